The SMILES string of the molecule is C=CC[C@H]1C(=O)N(CCN(CC)CC)c2ccccc2C[C@H]1c1ccc(OC)cc1. The van der Waals surface area contributed by atoms with Crippen LogP contribution in [0, 0.1) is 5.92 Å². The van der Waals surface area contributed by atoms with Crippen molar-refractivity contribution in [3.05, 3.63) is 72.3 Å². The van der Waals surface area contributed by atoms with Crippen LogP contribution >= 0.6 is 0 Å². The smallest absolute Gasteiger partial charge is 0.231 e. The van der Waals surface area contributed by atoms with E-state index in [4.69, 9.17) is 4.74 Å². The Hall–Kier alpha value is -2.59. The summed E-state index contributed by atoms with van der Waals surface area (Å²) in [6.07, 6.45) is 3.40. The van der Waals surface area contributed by atoms with E-state index in [0.717, 1.165) is 37.5 Å². The molecule has 0 spiro atoms. The maximum atomic E-state index is 13.8. The first kappa shape index (κ1) is 22.1. The number of ether oxygens (including phenoxy) is 1. The number of para-hydroxylation sites is 1. The van der Waals surface area contributed by atoms with Gasteiger partial charge in [0.15, 0.2) is 0 Å². The van der Waals surface area contributed by atoms with Crippen molar-refractivity contribution in [1.29, 1.82) is 0 Å². The molecule has 2 aromatic carbocycles. The fourth-order valence-electron chi connectivity index (χ4n) is 4.47. The van der Waals surface area contributed by atoms with E-state index >= 15 is 0 Å². The number of allylic oxidation sites excluding steroid dienone is 1. The summed E-state index contributed by atoms with van der Waals surface area (Å²) in [5, 5.41) is 0. The molecule has 1 heterocycles. The molecule has 2 atom stereocenters. The van der Waals surface area contributed by atoms with E-state index in [9.17, 15) is 4.79 Å². The molecular formula is C26H34N2O2. The molecule has 0 bridgehead atoms. The van der Waals surface area contributed by atoms with E-state index in [2.05, 4.69) is 55.7 Å². The number of anilines is 1. The van der Waals surface area contributed by atoms with Gasteiger partial charge in [0, 0.05) is 24.7 Å². The number of nitrogens with zero attached hydrogens (tertiary/aromatic N) is 2. The van der Waals surface area contributed by atoms with Gasteiger partial charge in [0.1, 0.15) is 5.75 Å². The van der Waals surface area contributed by atoms with Gasteiger partial charge in [-0.3, -0.25) is 4.79 Å². The van der Waals surface area contributed by atoms with E-state index in [0.29, 0.717) is 13.0 Å². The van der Waals surface area contributed by atoms with Gasteiger partial charge in [0.25, 0.3) is 0 Å². The molecule has 3 rings (SSSR count). The lowest BCUT2D eigenvalue weighted by Crippen LogP contribution is -2.42. The van der Waals surface area contributed by atoms with E-state index in [1.54, 1.807) is 7.11 Å². The molecule has 0 fully saturated rings. The number of likely N-dealkylation sites (N-methyl/N-ethyl adjacent to an activating group) is 1. The van der Waals surface area contributed by atoms with Crippen molar-refractivity contribution in [2.24, 2.45) is 5.92 Å². The zero-order valence-electron chi connectivity index (χ0n) is 18.5. The molecule has 1 aliphatic heterocycles. The minimum Gasteiger partial charge on any atom is -0.497 e. The summed E-state index contributed by atoms with van der Waals surface area (Å²) in [5.74, 6) is 1.02. The number of rotatable bonds is 9. The summed E-state index contributed by atoms with van der Waals surface area (Å²) >= 11 is 0. The molecule has 1 aliphatic rings. The summed E-state index contributed by atoms with van der Waals surface area (Å²) in [4.78, 5) is 18.2. The summed E-state index contributed by atoms with van der Waals surface area (Å²) in [5.41, 5.74) is 3.47. The predicted octanol–water partition coefficient (Wildman–Crippen LogP) is 4.90. The number of carbonyl (C=O) groups excluding carboxylic acids is 1. The summed E-state index contributed by atoms with van der Waals surface area (Å²) in [7, 11) is 1.68. The Kier molecular flexibility index (Phi) is 7.69. The molecule has 160 valence electrons. The Morgan fingerprint density at radius 1 is 1.13 bits per heavy atom. The lowest BCUT2D eigenvalue weighted by atomic mass is 9.80. The quantitative estimate of drug-likeness (QED) is 0.555. The Morgan fingerprint density at radius 2 is 1.83 bits per heavy atom. The van der Waals surface area contributed by atoms with Gasteiger partial charge >= 0.3 is 0 Å². The van der Waals surface area contributed by atoms with Crippen molar-refractivity contribution in [3.63, 3.8) is 0 Å². The van der Waals surface area contributed by atoms with Gasteiger partial charge in [-0.05, 0) is 61.2 Å². The first-order valence-corrected chi connectivity index (χ1v) is 11.0. The van der Waals surface area contributed by atoms with Crippen molar-refractivity contribution >= 4 is 11.6 Å². The number of methoxy groups -OCH3 is 1. The van der Waals surface area contributed by atoms with Crippen molar-refractivity contribution < 1.29 is 9.53 Å². The second-order valence-corrected chi connectivity index (χ2v) is 7.86. The van der Waals surface area contributed by atoms with Crippen molar-refractivity contribution in [1.82, 2.24) is 4.90 Å². The third-order valence-corrected chi connectivity index (χ3v) is 6.29. The lowest BCUT2D eigenvalue weighted by molar-refractivity contribution is -0.122. The third kappa shape index (κ3) is 4.76. The van der Waals surface area contributed by atoms with Crippen LogP contribution in [-0.2, 0) is 11.2 Å². The highest BCUT2D eigenvalue weighted by Crippen LogP contribution is 2.40. The maximum Gasteiger partial charge on any atom is 0.231 e. The highest BCUT2D eigenvalue weighted by Gasteiger charge is 2.36. The average Bonchev–Trinajstić information content (AvgIpc) is 2.90. The average molecular weight is 407 g/mol. The van der Waals surface area contributed by atoms with Crippen molar-refractivity contribution in [3.8, 4) is 5.75 Å². The second-order valence-electron chi connectivity index (χ2n) is 7.86. The van der Waals surface area contributed by atoms with Crippen LogP contribution in [0.5, 0.6) is 5.75 Å². The van der Waals surface area contributed by atoms with Crippen LogP contribution in [0.4, 0.5) is 5.69 Å². The topological polar surface area (TPSA) is 32.8 Å². The fourth-order valence-corrected chi connectivity index (χ4v) is 4.47. The molecule has 0 unspecified atom stereocenters. The monoisotopic (exact) mass is 406 g/mol. The molecule has 0 aliphatic carbocycles. The van der Waals surface area contributed by atoms with Gasteiger partial charge in [0.2, 0.25) is 5.91 Å². The summed E-state index contributed by atoms with van der Waals surface area (Å²) in [6, 6.07) is 16.5. The van der Waals surface area contributed by atoms with Gasteiger partial charge in [-0.2, -0.15) is 0 Å². The number of hydrogen-bond acceptors (Lipinski definition) is 3. The van der Waals surface area contributed by atoms with Crippen LogP contribution in [-0.4, -0.2) is 44.1 Å². The van der Waals surface area contributed by atoms with Gasteiger partial charge in [-0.1, -0.05) is 50.3 Å². The fraction of sp³-hybridized carbons (Fsp3) is 0.423. The van der Waals surface area contributed by atoms with E-state index in [1.807, 2.05) is 29.2 Å². The molecule has 30 heavy (non-hydrogen) atoms. The normalized spacial score (nSPS) is 18.8. The zero-order valence-corrected chi connectivity index (χ0v) is 18.5. The Balaban J connectivity index is 1.99. The van der Waals surface area contributed by atoms with Gasteiger partial charge in [-0.25, -0.2) is 0 Å². The van der Waals surface area contributed by atoms with Gasteiger partial charge in [-0.15, -0.1) is 6.58 Å². The van der Waals surface area contributed by atoms with Crippen molar-refractivity contribution in [2.45, 2.75) is 32.6 Å². The number of benzene rings is 2. The number of amides is 1. The molecule has 2 aromatic rings. The highest BCUT2D eigenvalue weighted by molar-refractivity contribution is 5.97. The Morgan fingerprint density at radius 3 is 2.47 bits per heavy atom. The lowest BCUT2D eigenvalue weighted by Gasteiger charge is -2.30. The second kappa shape index (κ2) is 10.4. The minimum atomic E-state index is -0.125. The van der Waals surface area contributed by atoms with Crippen LogP contribution in [0.25, 0.3) is 0 Å². The molecule has 0 saturated carbocycles. The van der Waals surface area contributed by atoms with Crippen LogP contribution in [0.3, 0.4) is 0 Å². The predicted molar refractivity (Wildman–Crippen MR) is 124 cm³/mol. The van der Waals surface area contributed by atoms with Crippen LogP contribution in [0.2, 0.25) is 0 Å². The molecule has 0 aromatic heterocycles. The van der Waals surface area contributed by atoms with E-state index in [1.165, 1.54) is 11.1 Å². The largest absolute Gasteiger partial charge is 0.497 e. The number of carbonyl (C=O) groups is 1. The first-order valence-electron chi connectivity index (χ1n) is 11.0. The molecule has 0 N–H and O–H groups in total. The molecule has 0 saturated heterocycles. The van der Waals surface area contributed by atoms with E-state index in [-0.39, 0.29) is 17.7 Å². The summed E-state index contributed by atoms with van der Waals surface area (Å²) < 4.78 is 5.33. The molecular weight excluding hydrogens is 372 g/mol. The molecule has 4 nitrogen and oxygen atoms in total. The van der Waals surface area contributed by atoms with Crippen LogP contribution < -0.4 is 9.64 Å². The van der Waals surface area contributed by atoms with Crippen LogP contribution in [0.1, 0.15) is 37.3 Å². The van der Waals surface area contributed by atoms with Crippen molar-refractivity contribution in [2.75, 3.05) is 38.2 Å². The highest BCUT2D eigenvalue weighted by atomic mass is 16.5. The first-order chi connectivity index (χ1) is 14.6. The standard InChI is InChI=1S/C26H34N2O2/c1-5-10-23-24(20-13-15-22(30-4)16-14-20)19-21-11-8-9-12-25(21)28(26(23)29)18-17-27(6-2)7-3/h5,8-9,11-16,23-24H,1,6-7,10,17-19H2,2-4H3/t23-,24+/m1/s1. The number of hydrogen-bond donors (Lipinski definition) is 0. The minimum absolute atomic E-state index is 0.112. The molecule has 1 amide bonds. The molecule has 4 heteroatoms. The third-order valence-electron chi connectivity index (χ3n) is 6.29. The Bertz CT molecular complexity index is 842. The maximum absolute atomic E-state index is 13.8. The van der Waals surface area contributed by atoms with E-state index < -0.39 is 0 Å². The summed E-state index contributed by atoms with van der Waals surface area (Å²) in [6.45, 7) is 11.9. The van der Waals surface area contributed by atoms with Gasteiger partial charge < -0.3 is 14.5 Å². The van der Waals surface area contributed by atoms with Gasteiger partial charge in [0.05, 0.1) is 7.11 Å². The number of fused-ring (bicyclic) bond motifs is 1. The Labute approximate surface area is 181 Å². The molecule has 0 radical (unpaired) electrons. The zero-order chi connectivity index (χ0) is 21.5. The van der Waals surface area contributed by atoms with Crippen LogP contribution in [0.15, 0.2) is 61.2 Å².